The van der Waals surface area contributed by atoms with Gasteiger partial charge in [0.25, 0.3) is 5.56 Å². The molecule has 0 radical (unpaired) electrons. The van der Waals surface area contributed by atoms with E-state index in [1.807, 2.05) is 19.1 Å². The normalized spacial score (nSPS) is 15.4. The lowest BCUT2D eigenvalue weighted by molar-refractivity contribution is 0.0687. The van der Waals surface area contributed by atoms with Gasteiger partial charge in [0, 0.05) is 50.3 Å². The number of aromatic amines is 1. The van der Waals surface area contributed by atoms with Crippen molar-refractivity contribution in [3.63, 3.8) is 0 Å². The number of H-pyrrole nitrogens is 1. The molecule has 1 aliphatic rings. The first kappa shape index (κ1) is 22.3. The molecule has 0 bridgehead atoms. The van der Waals surface area contributed by atoms with Crippen LogP contribution in [-0.4, -0.2) is 51.9 Å². The molecule has 4 aromatic rings. The molecule has 0 amide bonds. The van der Waals surface area contributed by atoms with Crippen LogP contribution in [0.3, 0.4) is 0 Å². The topological polar surface area (TPSA) is 125 Å². The lowest BCUT2D eigenvalue weighted by Gasteiger charge is -2.23. The van der Waals surface area contributed by atoms with Crippen LogP contribution in [0.4, 0.5) is 0 Å². The van der Waals surface area contributed by atoms with E-state index in [0.29, 0.717) is 35.5 Å². The smallest absolute Gasteiger partial charge is 0.294 e. The Bertz CT molecular complexity index is 1600. The highest BCUT2D eigenvalue weighted by Gasteiger charge is 2.26. The highest BCUT2D eigenvalue weighted by atomic mass is 32.2. The maximum absolute atomic E-state index is 13.5. The van der Waals surface area contributed by atoms with E-state index >= 15 is 0 Å². The number of nitrogens with one attached hydrogen (secondary N) is 1. The van der Waals surface area contributed by atoms with Crippen LogP contribution in [0.2, 0.25) is 0 Å². The number of aromatic nitrogens is 4. The van der Waals surface area contributed by atoms with E-state index < -0.39 is 10.0 Å². The van der Waals surface area contributed by atoms with Gasteiger partial charge in [-0.3, -0.25) is 4.79 Å². The Morgan fingerprint density at radius 2 is 2.03 bits per heavy atom. The Hall–Kier alpha value is -3.46. The zero-order valence-corrected chi connectivity index (χ0v) is 19.7. The fourth-order valence-electron chi connectivity index (χ4n) is 4.47. The average molecular weight is 481 g/mol. The molecule has 1 aromatic carbocycles. The van der Waals surface area contributed by atoms with Gasteiger partial charge in [0.1, 0.15) is 16.7 Å². The van der Waals surface area contributed by atoms with E-state index in [0.717, 1.165) is 18.4 Å². The van der Waals surface area contributed by atoms with Crippen molar-refractivity contribution in [3.8, 4) is 6.07 Å². The Labute approximate surface area is 196 Å². The predicted octanol–water partition coefficient (Wildman–Crippen LogP) is 2.33. The van der Waals surface area contributed by atoms with Crippen LogP contribution >= 0.6 is 0 Å². The summed E-state index contributed by atoms with van der Waals surface area (Å²) in [6.07, 6.45) is 6.72. The summed E-state index contributed by atoms with van der Waals surface area (Å²) in [5.41, 5.74) is 1.97. The maximum atomic E-state index is 13.5. The number of imidazole rings is 1. The Balaban J connectivity index is 1.48. The summed E-state index contributed by atoms with van der Waals surface area (Å²) in [4.78, 5) is 20.5. The van der Waals surface area contributed by atoms with Gasteiger partial charge in [-0.15, -0.1) is 0 Å². The average Bonchev–Trinajstić information content (AvgIpc) is 3.43. The first-order chi connectivity index (χ1) is 16.3. The van der Waals surface area contributed by atoms with Crippen LogP contribution in [0.1, 0.15) is 35.8 Å². The molecule has 11 heteroatoms. The monoisotopic (exact) mass is 480 g/mol. The summed E-state index contributed by atoms with van der Waals surface area (Å²) in [5.74, 6) is 0. The third-order valence-electron chi connectivity index (χ3n) is 6.21. The van der Waals surface area contributed by atoms with Gasteiger partial charge in [-0.1, -0.05) is 0 Å². The van der Waals surface area contributed by atoms with Crippen LogP contribution < -0.4 is 5.56 Å². The molecule has 1 aliphatic heterocycles. The van der Waals surface area contributed by atoms with Gasteiger partial charge in [-0.25, -0.2) is 13.4 Å². The van der Waals surface area contributed by atoms with Crippen molar-refractivity contribution in [1.29, 1.82) is 5.26 Å². The summed E-state index contributed by atoms with van der Waals surface area (Å²) in [6, 6.07) is 7.13. The van der Waals surface area contributed by atoms with Crippen molar-refractivity contribution in [2.75, 3.05) is 20.3 Å². The predicted molar refractivity (Wildman–Crippen MR) is 125 cm³/mol. The second-order valence-corrected chi connectivity index (χ2v) is 10.6. The molecule has 3 aromatic heterocycles. The van der Waals surface area contributed by atoms with Crippen LogP contribution in [0.25, 0.3) is 16.6 Å². The molecular weight excluding hydrogens is 456 g/mol. The standard InChI is InChI=1S/C23H24N6O4S/c1-15-9-16-11-17(12-24)25-21(16)20(10-15)34(31,32)27(2)13-18-14-28-5-6-29(23(30)22(28)26-18)19-3-7-33-8-4-19/h5-6,9-11,14,19,25H,3-4,7-8,13H2,1-2H3. The summed E-state index contributed by atoms with van der Waals surface area (Å²) >= 11 is 0. The zero-order valence-electron chi connectivity index (χ0n) is 18.9. The van der Waals surface area contributed by atoms with Crippen LogP contribution in [0, 0.1) is 18.3 Å². The molecule has 4 heterocycles. The van der Waals surface area contributed by atoms with Crippen molar-refractivity contribution in [2.24, 2.45) is 0 Å². The van der Waals surface area contributed by atoms with E-state index in [2.05, 4.69) is 9.97 Å². The summed E-state index contributed by atoms with van der Waals surface area (Å²) in [7, 11) is -2.43. The first-order valence-electron chi connectivity index (χ1n) is 10.9. The Morgan fingerprint density at radius 3 is 2.76 bits per heavy atom. The van der Waals surface area contributed by atoms with Crippen molar-refractivity contribution >= 4 is 26.6 Å². The van der Waals surface area contributed by atoms with E-state index in [9.17, 15) is 18.5 Å². The summed E-state index contributed by atoms with van der Waals surface area (Å²) in [5, 5.41) is 9.87. The summed E-state index contributed by atoms with van der Waals surface area (Å²) in [6.45, 7) is 3.03. The number of sulfonamides is 1. The van der Waals surface area contributed by atoms with Gasteiger partial charge in [0.05, 0.1) is 17.8 Å². The fourth-order valence-corrected chi connectivity index (χ4v) is 5.87. The number of aryl methyl sites for hydroxylation is 1. The number of hydrogen-bond donors (Lipinski definition) is 1. The van der Waals surface area contributed by atoms with Gasteiger partial charge in [0.2, 0.25) is 15.7 Å². The number of fused-ring (bicyclic) bond motifs is 2. The third kappa shape index (κ3) is 3.79. The minimum Gasteiger partial charge on any atom is -0.381 e. The number of rotatable bonds is 5. The number of nitriles is 1. The lowest BCUT2D eigenvalue weighted by Crippen LogP contribution is -2.29. The number of ether oxygens (including phenoxy) is 1. The van der Waals surface area contributed by atoms with Gasteiger partial charge in [-0.2, -0.15) is 9.57 Å². The van der Waals surface area contributed by atoms with Crippen molar-refractivity contribution in [2.45, 2.75) is 37.2 Å². The Kier molecular flexibility index (Phi) is 5.51. The van der Waals surface area contributed by atoms with Crippen LogP contribution in [0.5, 0.6) is 0 Å². The zero-order chi connectivity index (χ0) is 24.0. The largest absolute Gasteiger partial charge is 0.381 e. The minimum absolute atomic E-state index is 0.0119. The minimum atomic E-state index is -3.91. The van der Waals surface area contributed by atoms with Gasteiger partial charge >= 0.3 is 0 Å². The summed E-state index contributed by atoms with van der Waals surface area (Å²) < 4.78 is 36.8. The van der Waals surface area contributed by atoms with E-state index in [-0.39, 0.29) is 28.7 Å². The molecule has 0 saturated carbocycles. The second kappa shape index (κ2) is 8.39. The van der Waals surface area contributed by atoms with Crippen molar-refractivity contribution < 1.29 is 13.2 Å². The van der Waals surface area contributed by atoms with Crippen molar-refractivity contribution in [3.05, 3.63) is 64.1 Å². The highest BCUT2D eigenvalue weighted by Crippen LogP contribution is 2.28. The molecule has 176 valence electrons. The number of nitrogens with zero attached hydrogens (tertiary/aromatic N) is 5. The van der Waals surface area contributed by atoms with E-state index in [1.165, 1.54) is 11.4 Å². The molecule has 0 unspecified atom stereocenters. The molecule has 1 saturated heterocycles. The van der Waals surface area contributed by atoms with E-state index in [4.69, 9.17) is 4.74 Å². The number of hydrogen-bond acceptors (Lipinski definition) is 6. The van der Waals surface area contributed by atoms with Gasteiger partial charge in [0.15, 0.2) is 0 Å². The lowest BCUT2D eigenvalue weighted by atomic mass is 10.1. The second-order valence-electron chi connectivity index (χ2n) is 8.60. The molecule has 0 spiro atoms. The molecule has 1 N–H and O–H groups in total. The Morgan fingerprint density at radius 1 is 1.26 bits per heavy atom. The molecule has 5 rings (SSSR count). The molecule has 0 aliphatic carbocycles. The molecule has 1 fully saturated rings. The number of benzene rings is 1. The third-order valence-corrected chi connectivity index (χ3v) is 8.04. The van der Waals surface area contributed by atoms with Gasteiger partial charge in [-0.05, 0) is 43.5 Å². The SMILES string of the molecule is Cc1cc(S(=O)(=O)N(C)Cc2cn3ccn(C4CCOCC4)c(=O)c3n2)c2[nH]c(C#N)cc2c1. The maximum Gasteiger partial charge on any atom is 0.294 e. The van der Waals surface area contributed by atoms with Crippen LogP contribution in [0.15, 0.2) is 46.5 Å². The van der Waals surface area contributed by atoms with Gasteiger partial charge < -0.3 is 18.7 Å². The molecule has 34 heavy (non-hydrogen) atoms. The fraction of sp³-hybridized carbons (Fsp3) is 0.348. The molecule has 0 atom stereocenters. The highest BCUT2D eigenvalue weighted by molar-refractivity contribution is 7.89. The van der Waals surface area contributed by atoms with Crippen molar-refractivity contribution in [1.82, 2.24) is 23.2 Å². The van der Waals surface area contributed by atoms with E-state index in [1.54, 1.807) is 39.7 Å². The van der Waals surface area contributed by atoms with Crippen LogP contribution in [-0.2, 0) is 21.3 Å². The molecular formula is C23H24N6O4S. The first-order valence-corrected chi connectivity index (χ1v) is 12.4. The quantitative estimate of drug-likeness (QED) is 0.467. The molecule has 10 nitrogen and oxygen atoms in total.